The number of rotatable bonds is 5. The number of hydrogen-bond acceptors (Lipinski definition) is 3. The fourth-order valence-corrected chi connectivity index (χ4v) is 1.41. The molecular formula is C12H10F6N2O. The van der Waals surface area contributed by atoms with E-state index in [1.165, 1.54) is 0 Å². The summed E-state index contributed by atoms with van der Waals surface area (Å²) in [6.45, 7) is -1.78. The van der Waals surface area contributed by atoms with Crippen molar-refractivity contribution in [2.24, 2.45) is 0 Å². The van der Waals surface area contributed by atoms with Gasteiger partial charge in [0.25, 0.3) is 0 Å². The minimum Gasteiger partial charge on any atom is -0.382 e. The quantitative estimate of drug-likeness (QED) is 0.668. The molecule has 0 spiro atoms. The number of halogens is 6. The van der Waals surface area contributed by atoms with E-state index in [1.54, 1.807) is 6.07 Å². The summed E-state index contributed by atoms with van der Waals surface area (Å²) in [5, 5.41) is 11.3. The molecule has 1 N–H and O–H groups in total. The Morgan fingerprint density at radius 3 is 2.33 bits per heavy atom. The Kier molecular flexibility index (Phi) is 5.43. The number of ether oxygens (including phenoxy) is 1. The molecule has 0 aliphatic carbocycles. The van der Waals surface area contributed by atoms with Crippen molar-refractivity contribution in [3.8, 4) is 6.07 Å². The van der Waals surface area contributed by atoms with E-state index in [2.05, 4.69) is 10.1 Å². The van der Waals surface area contributed by atoms with Crippen LogP contribution < -0.4 is 5.32 Å². The van der Waals surface area contributed by atoms with Gasteiger partial charge in [-0.2, -0.15) is 31.6 Å². The van der Waals surface area contributed by atoms with Crippen molar-refractivity contribution in [3.05, 3.63) is 29.3 Å². The lowest BCUT2D eigenvalue weighted by Crippen LogP contribution is -2.20. The van der Waals surface area contributed by atoms with Crippen molar-refractivity contribution < 1.29 is 31.1 Å². The molecule has 0 amide bonds. The normalized spacial score (nSPS) is 12.0. The van der Waals surface area contributed by atoms with Crippen LogP contribution in [0.1, 0.15) is 11.1 Å². The monoisotopic (exact) mass is 312 g/mol. The van der Waals surface area contributed by atoms with Gasteiger partial charge in [0, 0.05) is 6.54 Å². The Labute approximate surface area is 116 Å². The third kappa shape index (κ3) is 5.91. The highest BCUT2D eigenvalue weighted by Crippen LogP contribution is 2.31. The molecule has 0 fully saturated rings. The van der Waals surface area contributed by atoms with Gasteiger partial charge in [-0.1, -0.05) is 0 Å². The summed E-state index contributed by atoms with van der Waals surface area (Å²) in [5.41, 5.74) is -1.13. The topological polar surface area (TPSA) is 45.0 Å². The molecular weight excluding hydrogens is 302 g/mol. The predicted octanol–water partition coefficient (Wildman–Crippen LogP) is 3.57. The summed E-state index contributed by atoms with van der Waals surface area (Å²) >= 11 is 0. The minimum atomic E-state index is -4.57. The highest BCUT2D eigenvalue weighted by Gasteiger charge is 2.31. The number of nitriles is 1. The first kappa shape index (κ1) is 17.1. The Morgan fingerprint density at radius 1 is 1.14 bits per heavy atom. The standard InChI is InChI=1S/C12H10F6N2O/c13-11(14,15)7-21-4-3-20-10-2-1-9(12(16,17)18)5-8(10)6-19/h1-2,5,20H,3-4,7H2. The Bertz CT molecular complexity index is 518. The number of hydrogen-bond donors (Lipinski definition) is 1. The fraction of sp³-hybridized carbons (Fsp3) is 0.417. The maximum atomic E-state index is 12.4. The Balaban J connectivity index is 2.59. The van der Waals surface area contributed by atoms with Crippen LogP contribution in [0.3, 0.4) is 0 Å². The summed E-state index contributed by atoms with van der Waals surface area (Å²) in [4.78, 5) is 0. The van der Waals surface area contributed by atoms with Gasteiger partial charge in [-0.3, -0.25) is 0 Å². The molecule has 0 aromatic heterocycles. The third-order valence-electron chi connectivity index (χ3n) is 2.29. The molecule has 0 atom stereocenters. The number of benzene rings is 1. The molecule has 21 heavy (non-hydrogen) atoms. The maximum Gasteiger partial charge on any atom is 0.416 e. The van der Waals surface area contributed by atoms with Crippen LogP contribution in [0.5, 0.6) is 0 Å². The zero-order chi connectivity index (χ0) is 16.1. The average Bonchev–Trinajstić information content (AvgIpc) is 2.35. The summed E-state index contributed by atoms with van der Waals surface area (Å²) in [6.07, 6.45) is -9.01. The van der Waals surface area contributed by atoms with Crippen LogP contribution in [0.4, 0.5) is 32.0 Å². The number of anilines is 1. The van der Waals surface area contributed by atoms with E-state index in [9.17, 15) is 26.3 Å². The summed E-state index contributed by atoms with van der Waals surface area (Å²) in [7, 11) is 0. The zero-order valence-electron chi connectivity index (χ0n) is 10.5. The van der Waals surface area contributed by atoms with E-state index >= 15 is 0 Å². The van der Waals surface area contributed by atoms with Crippen LogP contribution in [-0.4, -0.2) is 25.9 Å². The molecule has 0 unspecified atom stereocenters. The largest absolute Gasteiger partial charge is 0.416 e. The lowest BCUT2D eigenvalue weighted by atomic mass is 10.1. The second-order valence-electron chi connectivity index (χ2n) is 3.96. The van der Waals surface area contributed by atoms with Gasteiger partial charge in [-0.15, -0.1) is 0 Å². The van der Waals surface area contributed by atoms with Gasteiger partial charge in [0.15, 0.2) is 0 Å². The SMILES string of the molecule is N#Cc1cc(C(F)(F)F)ccc1NCCOCC(F)(F)F. The minimum absolute atomic E-state index is 0.0733. The van der Waals surface area contributed by atoms with E-state index < -0.39 is 24.5 Å². The molecule has 0 radical (unpaired) electrons. The summed E-state index contributed by atoms with van der Waals surface area (Å²) < 4.78 is 77.0. The second kappa shape index (κ2) is 6.67. The van der Waals surface area contributed by atoms with Crippen molar-refractivity contribution >= 4 is 5.69 Å². The first-order valence-corrected chi connectivity index (χ1v) is 5.63. The lowest BCUT2D eigenvalue weighted by molar-refractivity contribution is -0.172. The van der Waals surface area contributed by atoms with Gasteiger partial charge in [-0.25, -0.2) is 0 Å². The molecule has 1 aromatic carbocycles. The third-order valence-corrected chi connectivity index (χ3v) is 2.29. The molecule has 0 aliphatic heterocycles. The van der Waals surface area contributed by atoms with E-state index in [-0.39, 0.29) is 24.4 Å². The van der Waals surface area contributed by atoms with Crippen LogP contribution in [0.25, 0.3) is 0 Å². The molecule has 0 bridgehead atoms. The highest BCUT2D eigenvalue weighted by molar-refractivity contribution is 5.58. The van der Waals surface area contributed by atoms with Gasteiger partial charge < -0.3 is 10.1 Å². The van der Waals surface area contributed by atoms with E-state index in [0.717, 1.165) is 12.1 Å². The zero-order valence-corrected chi connectivity index (χ0v) is 10.5. The Morgan fingerprint density at radius 2 is 1.81 bits per heavy atom. The van der Waals surface area contributed by atoms with Crippen LogP contribution in [-0.2, 0) is 10.9 Å². The van der Waals surface area contributed by atoms with E-state index in [0.29, 0.717) is 6.07 Å². The first-order valence-electron chi connectivity index (χ1n) is 5.63. The van der Waals surface area contributed by atoms with Crippen molar-refractivity contribution in [2.45, 2.75) is 12.4 Å². The molecule has 116 valence electrons. The van der Waals surface area contributed by atoms with E-state index in [1.807, 2.05) is 0 Å². The highest BCUT2D eigenvalue weighted by atomic mass is 19.4. The van der Waals surface area contributed by atoms with Crippen LogP contribution in [0.15, 0.2) is 18.2 Å². The molecule has 1 aromatic rings. The van der Waals surface area contributed by atoms with Gasteiger partial charge in [0.05, 0.1) is 23.4 Å². The van der Waals surface area contributed by atoms with Crippen LogP contribution in [0, 0.1) is 11.3 Å². The molecule has 0 saturated carbocycles. The number of nitrogens with zero attached hydrogens (tertiary/aromatic N) is 1. The molecule has 3 nitrogen and oxygen atoms in total. The number of nitrogens with one attached hydrogen (secondary N) is 1. The van der Waals surface area contributed by atoms with Gasteiger partial charge in [0.1, 0.15) is 12.7 Å². The summed E-state index contributed by atoms with van der Waals surface area (Å²) in [6, 6.07) is 4.08. The van der Waals surface area contributed by atoms with Crippen LogP contribution >= 0.6 is 0 Å². The van der Waals surface area contributed by atoms with Crippen molar-refractivity contribution in [1.29, 1.82) is 5.26 Å². The van der Waals surface area contributed by atoms with Gasteiger partial charge >= 0.3 is 12.4 Å². The molecule has 1 rings (SSSR count). The second-order valence-corrected chi connectivity index (χ2v) is 3.96. The summed E-state index contributed by atoms with van der Waals surface area (Å²) in [5.74, 6) is 0. The average molecular weight is 312 g/mol. The maximum absolute atomic E-state index is 12.4. The predicted molar refractivity (Wildman–Crippen MR) is 61.5 cm³/mol. The van der Waals surface area contributed by atoms with Gasteiger partial charge in [-0.05, 0) is 18.2 Å². The van der Waals surface area contributed by atoms with Crippen molar-refractivity contribution in [1.82, 2.24) is 0 Å². The van der Waals surface area contributed by atoms with Crippen LogP contribution in [0.2, 0.25) is 0 Å². The smallest absolute Gasteiger partial charge is 0.382 e. The molecule has 0 aliphatic rings. The van der Waals surface area contributed by atoms with E-state index in [4.69, 9.17) is 5.26 Å². The van der Waals surface area contributed by atoms with Crippen molar-refractivity contribution in [3.63, 3.8) is 0 Å². The Hall–Kier alpha value is -1.95. The molecule has 0 saturated heterocycles. The lowest BCUT2D eigenvalue weighted by Gasteiger charge is -2.12. The first-order chi connectivity index (χ1) is 9.63. The molecule has 9 heteroatoms. The molecule has 0 heterocycles. The van der Waals surface area contributed by atoms with Crippen molar-refractivity contribution in [2.75, 3.05) is 25.1 Å². The van der Waals surface area contributed by atoms with Gasteiger partial charge in [0.2, 0.25) is 0 Å². The fourth-order valence-electron chi connectivity index (χ4n) is 1.41. The number of alkyl halides is 6.